The normalized spacial score (nSPS) is 13.0. The summed E-state index contributed by atoms with van der Waals surface area (Å²) in [5.74, 6) is -0.0732. The molecule has 4 nitrogen and oxygen atoms in total. The first-order valence-corrected chi connectivity index (χ1v) is 31.4. The third kappa shape index (κ3) is 57.1. The molecular formula is C65H123NO3. The molecule has 2 unspecified atom stereocenters. The van der Waals surface area contributed by atoms with E-state index in [-0.39, 0.29) is 12.5 Å². The average Bonchev–Trinajstić information content (AvgIpc) is 3.35. The lowest BCUT2D eigenvalue weighted by molar-refractivity contribution is -0.123. The highest BCUT2D eigenvalue weighted by Crippen LogP contribution is 2.17. The molecule has 2 atom stereocenters. The minimum atomic E-state index is -0.872. The van der Waals surface area contributed by atoms with E-state index in [0.717, 1.165) is 38.5 Å². The quantitative estimate of drug-likeness (QED) is 0.0420. The molecule has 0 spiro atoms. The van der Waals surface area contributed by atoms with Crippen LogP contribution in [0, 0.1) is 0 Å². The van der Waals surface area contributed by atoms with Crippen molar-refractivity contribution >= 4 is 5.91 Å². The maximum absolute atomic E-state index is 12.5. The van der Waals surface area contributed by atoms with Gasteiger partial charge in [-0.3, -0.25) is 4.79 Å². The molecule has 406 valence electrons. The van der Waals surface area contributed by atoms with E-state index >= 15 is 0 Å². The maximum atomic E-state index is 12.5. The minimum absolute atomic E-state index is 0.0732. The number of unbranched alkanes of at least 4 members (excludes halogenated alkanes) is 45. The molecule has 0 bridgehead atoms. The van der Waals surface area contributed by atoms with Crippen molar-refractivity contribution in [3.8, 4) is 0 Å². The van der Waals surface area contributed by atoms with E-state index in [1.807, 2.05) is 6.08 Å². The zero-order valence-electron chi connectivity index (χ0n) is 46.8. The van der Waals surface area contributed by atoms with Crippen molar-refractivity contribution in [2.45, 2.75) is 353 Å². The first kappa shape index (κ1) is 67.3. The van der Waals surface area contributed by atoms with Gasteiger partial charge in [0, 0.05) is 6.42 Å². The van der Waals surface area contributed by atoms with Gasteiger partial charge in [-0.25, -0.2) is 0 Å². The molecule has 0 aromatic heterocycles. The first-order chi connectivity index (χ1) is 34.2. The summed E-state index contributed by atoms with van der Waals surface area (Å²) < 4.78 is 0. The van der Waals surface area contributed by atoms with Crippen LogP contribution in [0.5, 0.6) is 0 Å². The number of hydrogen-bond acceptors (Lipinski definition) is 3. The molecule has 0 radical (unpaired) electrons. The van der Waals surface area contributed by atoms with Gasteiger partial charge in [-0.2, -0.15) is 0 Å². The average molecular weight is 967 g/mol. The molecule has 0 saturated carbocycles. The van der Waals surface area contributed by atoms with Crippen molar-refractivity contribution in [1.29, 1.82) is 0 Å². The Morgan fingerprint density at radius 1 is 0.333 bits per heavy atom. The van der Waals surface area contributed by atoms with Gasteiger partial charge in [0.05, 0.1) is 18.8 Å². The van der Waals surface area contributed by atoms with E-state index in [4.69, 9.17) is 0 Å². The highest BCUT2D eigenvalue weighted by molar-refractivity contribution is 5.76. The van der Waals surface area contributed by atoms with Gasteiger partial charge in [-0.15, -0.1) is 0 Å². The number of hydrogen-bond donors (Lipinski definition) is 3. The van der Waals surface area contributed by atoms with Crippen LogP contribution in [0.3, 0.4) is 0 Å². The van der Waals surface area contributed by atoms with Crippen LogP contribution in [0.2, 0.25) is 0 Å². The Bertz CT molecular complexity index is 1090. The van der Waals surface area contributed by atoms with E-state index in [1.54, 1.807) is 6.08 Å². The van der Waals surface area contributed by atoms with Crippen LogP contribution in [0.15, 0.2) is 48.6 Å². The fraction of sp³-hybridized carbons (Fsp3) is 0.862. The maximum Gasteiger partial charge on any atom is 0.220 e. The van der Waals surface area contributed by atoms with Gasteiger partial charge in [0.25, 0.3) is 0 Å². The Hall–Kier alpha value is -1.65. The van der Waals surface area contributed by atoms with Crippen LogP contribution < -0.4 is 5.32 Å². The number of aliphatic hydroxyl groups excluding tert-OH is 2. The monoisotopic (exact) mass is 966 g/mol. The Morgan fingerprint density at radius 3 is 0.841 bits per heavy atom. The highest BCUT2D eigenvalue weighted by Gasteiger charge is 2.18. The molecule has 0 aliphatic carbocycles. The predicted octanol–water partition coefficient (Wildman–Crippen LogP) is 21.0. The number of allylic oxidation sites excluding steroid dienone is 7. The van der Waals surface area contributed by atoms with Gasteiger partial charge in [0.15, 0.2) is 0 Å². The van der Waals surface area contributed by atoms with Gasteiger partial charge < -0.3 is 15.5 Å². The first-order valence-electron chi connectivity index (χ1n) is 31.4. The van der Waals surface area contributed by atoms with Crippen LogP contribution in [-0.2, 0) is 4.79 Å². The van der Waals surface area contributed by atoms with E-state index in [2.05, 4.69) is 55.6 Å². The largest absolute Gasteiger partial charge is 0.394 e. The number of nitrogens with one attached hydrogen (secondary N) is 1. The topological polar surface area (TPSA) is 69.6 Å². The lowest BCUT2D eigenvalue weighted by atomic mass is 10.0. The number of carbonyl (C=O) groups is 1. The van der Waals surface area contributed by atoms with Crippen molar-refractivity contribution in [1.82, 2.24) is 5.32 Å². The molecule has 0 aromatic rings. The van der Waals surface area contributed by atoms with Crippen molar-refractivity contribution in [2.75, 3.05) is 6.61 Å². The van der Waals surface area contributed by atoms with E-state index < -0.39 is 12.1 Å². The Kier molecular flexibility index (Phi) is 59.2. The Balaban J connectivity index is 3.51. The highest BCUT2D eigenvalue weighted by atomic mass is 16.3. The van der Waals surface area contributed by atoms with Crippen molar-refractivity contribution in [2.24, 2.45) is 0 Å². The fourth-order valence-corrected chi connectivity index (χ4v) is 9.74. The van der Waals surface area contributed by atoms with E-state index in [9.17, 15) is 15.0 Å². The zero-order chi connectivity index (χ0) is 49.9. The number of amides is 1. The molecule has 0 rings (SSSR count). The third-order valence-electron chi connectivity index (χ3n) is 14.5. The Morgan fingerprint density at radius 2 is 0.565 bits per heavy atom. The van der Waals surface area contributed by atoms with E-state index in [0.29, 0.717) is 6.42 Å². The van der Waals surface area contributed by atoms with Crippen molar-refractivity contribution in [3.05, 3.63) is 48.6 Å². The van der Waals surface area contributed by atoms with Gasteiger partial charge in [0.1, 0.15) is 0 Å². The number of carbonyl (C=O) groups excluding carboxylic acids is 1. The summed E-state index contributed by atoms with van der Waals surface area (Å²) in [6.45, 7) is 4.33. The summed E-state index contributed by atoms with van der Waals surface area (Å²) in [5, 5.41) is 23.2. The second kappa shape index (κ2) is 60.7. The molecule has 0 heterocycles. The molecule has 0 aliphatic rings. The lowest BCUT2D eigenvalue weighted by Crippen LogP contribution is -2.45. The summed E-state index contributed by atoms with van der Waals surface area (Å²) in [6.07, 6.45) is 84.5. The summed E-state index contributed by atoms with van der Waals surface area (Å²) in [4.78, 5) is 12.5. The molecule has 3 N–H and O–H groups in total. The molecule has 4 heteroatoms. The standard InChI is InChI=1S/C65H123NO3/c1-3-5-7-9-11-13-15-17-19-21-23-25-27-29-31-32-33-35-36-38-40-42-44-46-48-50-52-54-56-58-60-64(68)63(62-67)66-65(69)61-59-57-55-53-51-49-47-45-43-41-39-37-34-30-28-26-24-22-20-18-16-14-12-10-8-6-4-2/h22,24,42,44,50,52,58,60,63-64,67-68H,3-21,23,25-41,43,45-49,51,53-57,59,61-62H2,1-2H3,(H,66,69)/b24-22-,44-42+,52-50+,60-58+. The van der Waals surface area contributed by atoms with E-state index in [1.165, 1.54) is 283 Å². The number of aliphatic hydroxyl groups is 2. The van der Waals surface area contributed by atoms with Crippen molar-refractivity contribution in [3.63, 3.8) is 0 Å². The second-order valence-electron chi connectivity index (χ2n) is 21.5. The van der Waals surface area contributed by atoms with Crippen LogP contribution in [-0.4, -0.2) is 34.9 Å². The molecule has 0 fully saturated rings. The number of rotatable bonds is 58. The van der Waals surface area contributed by atoms with Crippen molar-refractivity contribution < 1.29 is 15.0 Å². The zero-order valence-corrected chi connectivity index (χ0v) is 46.8. The van der Waals surface area contributed by atoms with Gasteiger partial charge in [0.2, 0.25) is 5.91 Å². The molecular weight excluding hydrogens is 843 g/mol. The fourth-order valence-electron chi connectivity index (χ4n) is 9.74. The van der Waals surface area contributed by atoms with Crippen LogP contribution in [0.1, 0.15) is 341 Å². The smallest absolute Gasteiger partial charge is 0.220 e. The Labute approximate surface area is 433 Å². The second-order valence-corrected chi connectivity index (χ2v) is 21.5. The summed E-state index contributed by atoms with van der Waals surface area (Å²) in [6, 6.07) is -0.647. The third-order valence-corrected chi connectivity index (χ3v) is 14.5. The molecule has 0 aromatic carbocycles. The summed E-state index contributed by atoms with van der Waals surface area (Å²) >= 11 is 0. The van der Waals surface area contributed by atoms with Gasteiger partial charge in [-0.1, -0.05) is 313 Å². The molecule has 0 saturated heterocycles. The molecule has 1 amide bonds. The van der Waals surface area contributed by atoms with Crippen LogP contribution in [0.4, 0.5) is 0 Å². The summed E-state index contributed by atoms with van der Waals surface area (Å²) in [7, 11) is 0. The lowest BCUT2D eigenvalue weighted by Gasteiger charge is -2.19. The summed E-state index contributed by atoms with van der Waals surface area (Å²) in [5.41, 5.74) is 0. The predicted molar refractivity (Wildman–Crippen MR) is 308 cm³/mol. The van der Waals surface area contributed by atoms with Crippen LogP contribution >= 0.6 is 0 Å². The van der Waals surface area contributed by atoms with Gasteiger partial charge >= 0.3 is 0 Å². The minimum Gasteiger partial charge on any atom is -0.394 e. The van der Waals surface area contributed by atoms with Gasteiger partial charge in [-0.05, 0) is 70.6 Å². The molecule has 69 heavy (non-hydrogen) atoms. The molecule has 0 aliphatic heterocycles. The SMILES string of the molecule is CCCCCCCCCC/C=C\CCCCCCCCCCCCCCCCCC(=O)NC(CO)C(O)/C=C/CC/C=C/CC/C=C/CCCCCCCCCCCCCCCCCCCCCC. The van der Waals surface area contributed by atoms with Crippen LogP contribution in [0.25, 0.3) is 0 Å².